The van der Waals surface area contributed by atoms with Gasteiger partial charge in [0.1, 0.15) is 5.41 Å². The van der Waals surface area contributed by atoms with Gasteiger partial charge in [-0.3, -0.25) is 4.79 Å². The third kappa shape index (κ3) is 5.76. The highest BCUT2D eigenvalue weighted by molar-refractivity contribution is 5.86. The van der Waals surface area contributed by atoms with Crippen LogP contribution in [0.15, 0.2) is 48.5 Å². The Kier molecular flexibility index (Phi) is 7.33. The highest BCUT2D eigenvalue weighted by atomic mass is 19.4. The zero-order valence-electron chi connectivity index (χ0n) is 16.1. The normalized spacial score (nSPS) is 12.3. The molecule has 1 amide bonds. The van der Waals surface area contributed by atoms with Crippen molar-refractivity contribution in [2.75, 3.05) is 13.1 Å². The van der Waals surface area contributed by atoms with Gasteiger partial charge in [-0.05, 0) is 23.3 Å². The second-order valence-electron chi connectivity index (χ2n) is 6.90. The number of nitrogens with one attached hydrogen (secondary N) is 1. The fourth-order valence-electron chi connectivity index (χ4n) is 3.26. The third-order valence-electron chi connectivity index (χ3n) is 4.71. The molecule has 31 heavy (non-hydrogen) atoms. The molecule has 4 nitrogen and oxygen atoms in total. The van der Waals surface area contributed by atoms with Crippen LogP contribution in [0.2, 0.25) is 0 Å². The first-order valence-electron chi connectivity index (χ1n) is 9.14. The first kappa shape index (κ1) is 24.2. The van der Waals surface area contributed by atoms with Crippen molar-refractivity contribution in [3.05, 3.63) is 70.8 Å². The van der Waals surface area contributed by atoms with Crippen molar-refractivity contribution in [2.45, 2.75) is 25.2 Å². The number of hydrogen-bond donors (Lipinski definition) is 2. The Morgan fingerprint density at radius 3 is 1.65 bits per heavy atom. The van der Waals surface area contributed by atoms with Crippen molar-refractivity contribution < 1.29 is 31.1 Å². The van der Waals surface area contributed by atoms with Gasteiger partial charge in [0.2, 0.25) is 5.91 Å². The summed E-state index contributed by atoms with van der Waals surface area (Å²) in [6.45, 7) is -0.115. The number of carbonyl (C=O) groups is 1. The summed E-state index contributed by atoms with van der Waals surface area (Å²) in [7, 11) is 0. The summed E-state index contributed by atoms with van der Waals surface area (Å²) in [6, 6.07) is 10.4. The van der Waals surface area contributed by atoms with Gasteiger partial charge in [-0.15, -0.1) is 0 Å². The van der Waals surface area contributed by atoms with E-state index in [0.717, 1.165) is 36.4 Å². The maximum Gasteiger partial charge on any atom is 0.416 e. The van der Waals surface area contributed by atoms with Gasteiger partial charge in [0.15, 0.2) is 0 Å². The van der Waals surface area contributed by atoms with Gasteiger partial charge < -0.3 is 11.1 Å². The second kappa shape index (κ2) is 9.39. The van der Waals surface area contributed by atoms with Gasteiger partial charge in [-0.1, -0.05) is 36.4 Å². The molecule has 166 valence electrons. The minimum absolute atomic E-state index is 0.0223. The van der Waals surface area contributed by atoms with E-state index in [4.69, 9.17) is 5.73 Å². The Labute approximate surface area is 174 Å². The molecule has 0 saturated heterocycles. The van der Waals surface area contributed by atoms with E-state index in [-0.39, 0.29) is 24.2 Å². The summed E-state index contributed by atoms with van der Waals surface area (Å²) in [5.74, 6) is -0.991. The van der Waals surface area contributed by atoms with Gasteiger partial charge in [0.25, 0.3) is 0 Å². The summed E-state index contributed by atoms with van der Waals surface area (Å²) >= 11 is 0. The van der Waals surface area contributed by atoms with Crippen molar-refractivity contribution in [1.29, 1.82) is 5.26 Å². The van der Waals surface area contributed by atoms with E-state index in [1.807, 2.05) is 0 Å². The number of nitrogens with zero attached hydrogens (tertiary/aromatic N) is 1. The van der Waals surface area contributed by atoms with Crippen LogP contribution in [-0.4, -0.2) is 19.0 Å². The monoisotopic (exact) mass is 443 g/mol. The number of carbonyl (C=O) groups excluding carboxylic acids is 1. The van der Waals surface area contributed by atoms with Crippen LogP contribution in [0.4, 0.5) is 26.3 Å². The van der Waals surface area contributed by atoms with Gasteiger partial charge in [-0.25, -0.2) is 0 Å². The molecule has 0 heterocycles. The Hall–Kier alpha value is -3.06. The molecule has 0 unspecified atom stereocenters. The van der Waals surface area contributed by atoms with E-state index in [1.54, 1.807) is 6.07 Å². The molecule has 0 saturated carbocycles. The summed E-state index contributed by atoms with van der Waals surface area (Å²) in [5.41, 5.74) is 0.238. The minimum Gasteiger partial charge on any atom is -0.353 e. The summed E-state index contributed by atoms with van der Waals surface area (Å²) in [5, 5.41) is 12.2. The lowest BCUT2D eigenvalue weighted by Gasteiger charge is -2.28. The van der Waals surface area contributed by atoms with Crippen molar-refractivity contribution in [1.82, 2.24) is 5.32 Å². The van der Waals surface area contributed by atoms with Crippen molar-refractivity contribution in [2.24, 2.45) is 11.1 Å². The first-order valence-corrected chi connectivity index (χ1v) is 9.14. The molecule has 10 heteroatoms. The summed E-state index contributed by atoms with van der Waals surface area (Å²) in [6.07, 6.45) is -11.0. The van der Waals surface area contributed by atoms with Gasteiger partial charge in [0, 0.05) is 25.9 Å². The van der Waals surface area contributed by atoms with E-state index in [1.165, 1.54) is 12.1 Å². The maximum atomic E-state index is 13.4. The number of nitriles is 1. The number of alkyl halides is 6. The lowest BCUT2D eigenvalue weighted by atomic mass is 9.75. The number of amides is 1. The average Bonchev–Trinajstić information content (AvgIpc) is 2.70. The zero-order chi connectivity index (χ0) is 23.3. The lowest BCUT2D eigenvalue weighted by Crippen LogP contribution is -2.45. The quantitative estimate of drug-likeness (QED) is 0.633. The molecule has 0 bridgehead atoms. The second-order valence-corrected chi connectivity index (χ2v) is 6.90. The molecule has 2 aromatic rings. The van der Waals surface area contributed by atoms with Gasteiger partial charge >= 0.3 is 12.4 Å². The first-order chi connectivity index (χ1) is 14.4. The molecule has 0 radical (unpaired) electrons. The molecule has 2 aromatic carbocycles. The molecule has 0 spiro atoms. The highest BCUT2D eigenvalue weighted by Gasteiger charge is 2.44. The zero-order valence-corrected chi connectivity index (χ0v) is 16.1. The van der Waals surface area contributed by atoms with Crippen molar-refractivity contribution in [3.63, 3.8) is 0 Å². The molecule has 0 atom stereocenters. The number of halogens is 6. The fourth-order valence-corrected chi connectivity index (χ4v) is 3.26. The average molecular weight is 443 g/mol. The van der Waals surface area contributed by atoms with Crippen LogP contribution >= 0.6 is 0 Å². The highest BCUT2D eigenvalue weighted by Crippen LogP contribution is 2.39. The summed E-state index contributed by atoms with van der Waals surface area (Å²) < 4.78 is 80.6. The number of hydrogen-bond acceptors (Lipinski definition) is 3. The molecule has 0 aliphatic rings. The Morgan fingerprint density at radius 2 is 1.29 bits per heavy atom. The fraction of sp³-hybridized carbons (Fsp3) is 0.333. The molecule has 0 fully saturated rings. The number of rotatable bonds is 7. The van der Waals surface area contributed by atoms with Crippen LogP contribution in [0.25, 0.3) is 0 Å². The molecule has 2 rings (SSSR count). The standard InChI is InChI=1S/C21H19F6N3O/c22-20(23,24)16-7-3-1-5-14(16)11-19(13-29,18(31)30-10-9-28)12-15-6-2-4-8-17(15)21(25,26)27/h1-8H,9-12,28H2,(H,30,31). The Morgan fingerprint density at radius 1 is 0.871 bits per heavy atom. The Balaban J connectivity index is 2.60. The Bertz CT molecular complexity index is 903. The largest absolute Gasteiger partial charge is 0.416 e. The number of nitrogens with two attached hydrogens (primary N) is 1. The molecule has 3 N–H and O–H groups in total. The smallest absolute Gasteiger partial charge is 0.353 e. The van der Waals surface area contributed by atoms with E-state index < -0.39 is 47.6 Å². The van der Waals surface area contributed by atoms with Gasteiger partial charge in [0.05, 0.1) is 17.2 Å². The van der Waals surface area contributed by atoms with E-state index in [0.29, 0.717) is 0 Å². The van der Waals surface area contributed by atoms with Crippen molar-refractivity contribution >= 4 is 5.91 Å². The molecular weight excluding hydrogens is 424 g/mol. The van der Waals surface area contributed by atoms with Crippen LogP contribution in [0.3, 0.4) is 0 Å². The minimum atomic E-state index is -4.77. The molecular formula is C21H19F6N3O. The number of benzene rings is 2. The predicted octanol–water partition coefficient (Wildman–Crippen LogP) is 4.09. The molecule has 0 aliphatic carbocycles. The topological polar surface area (TPSA) is 78.9 Å². The van der Waals surface area contributed by atoms with Crippen LogP contribution in [0, 0.1) is 16.7 Å². The van der Waals surface area contributed by atoms with Crippen LogP contribution < -0.4 is 11.1 Å². The molecule has 0 aromatic heterocycles. The SMILES string of the molecule is N#CC(Cc1ccccc1C(F)(F)F)(Cc1ccccc1C(F)(F)F)C(=O)NCCN. The maximum absolute atomic E-state index is 13.4. The van der Waals surface area contributed by atoms with E-state index in [2.05, 4.69) is 5.32 Å². The third-order valence-corrected chi connectivity index (χ3v) is 4.71. The van der Waals surface area contributed by atoms with E-state index in [9.17, 15) is 36.4 Å². The van der Waals surface area contributed by atoms with Gasteiger partial charge in [-0.2, -0.15) is 31.6 Å². The lowest BCUT2D eigenvalue weighted by molar-refractivity contribution is -0.139. The van der Waals surface area contributed by atoms with Crippen molar-refractivity contribution in [3.8, 4) is 6.07 Å². The predicted molar refractivity (Wildman–Crippen MR) is 100 cm³/mol. The van der Waals surface area contributed by atoms with E-state index >= 15 is 0 Å². The van der Waals surface area contributed by atoms with Crippen LogP contribution in [0.5, 0.6) is 0 Å². The van der Waals surface area contributed by atoms with Crippen LogP contribution in [0.1, 0.15) is 22.3 Å². The molecule has 0 aliphatic heterocycles. The summed E-state index contributed by atoms with van der Waals surface area (Å²) in [4.78, 5) is 12.8. The van der Waals surface area contributed by atoms with Crippen LogP contribution in [-0.2, 0) is 30.0 Å².